The zero-order chi connectivity index (χ0) is 13.8. The molecule has 0 saturated carbocycles. The number of aromatic nitrogens is 1. The summed E-state index contributed by atoms with van der Waals surface area (Å²) in [4.78, 5) is 15.8. The van der Waals surface area contributed by atoms with E-state index in [1.54, 1.807) is 18.2 Å². The molecule has 0 spiro atoms. The van der Waals surface area contributed by atoms with Gasteiger partial charge in [-0.2, -0.15) is 5.26 Å². The van der Waals surface area contributed by atoms with Crippen molar-refractivity contribution in [2.45, 2.75) is 0 Å². The molecule has 1 aromatic carbocycles. The van der Waals surface area contributed by atoms with E-state index in [1.165, 1.54) is 18.5 Å². The molecular formula is C13H7BrClN3O. The summed E-state index contributed by atoms with van der Waals surface area (Å²) in [6.07, 6.45) is 2.90. The molecule has 2 aromatic rings. The van der Waals surface area contributed by atoms with E-state index in [1.807, 2.05) is 6.07 Å². The topological polar surface area (TPSA) is 65.8 Å². The van der Waals surface area contributed by atoms with Crippen molar-refractivity contribution >= 4 is 39.1 Å². The number of halogens is 2. The van der Waals surface area contributed by atoms with Crippen LogP contribution < -0.4 is 5.32 Å². The number of nitrogens with one attached hydrogen (secondary N) is 1. The summed E-state index contributed by atoms with van der Waals surface area (Å²) in [5.74, 6) is -0.335. The minimum atomic E-state index is -0.335. The maximum absolute atomic E-state index is 12.0. The monoisotopic (exact) mass is 335 g/mol. The van der Waals surface area contributed by atoms with Crippen LogP contribution in [0.1, 0.15) is 15.9 Å². The van der Waals surface area contributed by atoms with Gasteiger partial charge in [0.25, 0.3) is 5.91 Å². The van der Waals surface area contributed by atoms with Crippen LogP contribution in [0.25, 0.3) is 0 Å². The molecule has 0 aliphatic rings. The Hall–Kier alpha value is -1.90. The third kappa shape index (κ3) is 3.11. The summed E-state index contributed by atoms with van der Waals surface area (Å²) in [7, 11) is 0. The Morgan fingerprint density at radius 2 is 2.21 bits per heavy atom. The molecule has 1 amide bonds. The third-order valence-corrected chi connectivity index (χ3v) is 3.32. The van der Waals surface area contributed by atoms with Crippen LogP contribution in [0.15, 0.2) is 41.1 Å². The van der Waals surface area contributed by atoms with Crippen molar-refractivity contribution in [2.24, 2.45) is 0 Å². The first-order valence-electron chi connectivity index (χ1n) is 5.22. The summed E-state index contributed by atoms with van der Waals surface area (Å²) < 4.78 is 0.630. The van der Waals surface area contributed by atoms with Gasteiger partial charge in [0.15, 0.2) is 0 Å². The Kier molecular flexibility index (Phi) is 4.15. The number of hydrogen-bond acceptors (Lipinski definition) is 3. The summed E-state index contributed by atoms with van der Waals surface area (Å²) in [6, 6.07) is 8.45. The highest BCUT2D eigenvalue weighted by molar-refractivity contribution is 9.10. The maximum atomic E-state index is 12.0. The van der Waals surface area contributed by atoms with E-state index in [-0.39, 0.29) is 10.9 Å². The van der Waals surface area contributed by atoms with Gasteiger partial charge in [-0.25, -0.2) is 0 Å². The molecule has 0 unspecified atom stereocenters. The Morgan fingerprint density at radius 1 is 1.42 bits per heavy atom. The SMILES string of the molecule is N#Cc1ccc(NC(=O)c2ccncc2Cl)c(Br)c1. The average molecular weight is 337 g/mol. The predicted octanol–water partition coefficient (Wildman–Crippen LogP) is 3.62. The van der Waals surface area contributed by atoms with Gasteiger partial charge < -0.3 is 5.32 Å². The molecule has 4 nitrogen and oxygen atoms in total. The molecule has 0 aliphatic heterocycles. The first-order valence-corrected chi connectivity index (χ1v) is 6.39. The van der Waals surface area contributed by atoms with E-state index in [9.17, 15) is 4.79 Å². The lowest BCUT2D eigenvalue weighted by atomic mass is 10.2. The highest BCUT2D eigenvalue weighted by Gasteiger charge is 2.11. The molecule has 1 aromatic heterocycles. The van der Waals surface area contributed by atoms with Crippen LogP contribution in [0.4, 0.5) is 5.69 Å². The Bertz CT molecular complexity index is 682. The lowest BCUT2D eigenvalue weighted by Gasteiger charge is -2.08. The van der Waals surface area contributed by atoms with Gasteiger partial charge in [-0.3, -0.25) is 9.78 Å². The molecule has 1 heterocycles. The van der Waals surface area contributed by atoms with Gasteiger partial charge in [0.1, 0.15) is 0 Å². The number of hydrogen-bond donors (Lipinski definition) is 1. The van der Waals surface area contributed by atoms with Crippen molar-refractivity contribution in [2.75, 3.05) is 5.32 Å². The summed E-state index contributed by atoms with van der Waals surface area (Å²) in [5.41, 5.74) is 1.41. The standard InChI is InChI=1S/C13H7BrClN3O/c14-10-5-8(6-16)1-2-12(10)18-13(19)9-3-4-17-7-11(9)15/h1-5,7H,(H,18,19). The van der Waals surface area contributed by atoms with Gasteiger partial charge in [-0.05, 0) is 40.2 Å². The summed E-state index contributed by atoms with van der Waals surface area (Å²) >= 11 is 9.19. The molecule has 19 heavy (non-hydrogen) atoms. The van der Waals surface area contributed by atoms with Crippen LogP contribution in [0, 0.1) is 11.3 Å². The fraction of sp³-hybridized carbons (Fsp3) is 0. The van der Waals surface area contributed by atoms with Crippen LogP contribution in [0.3, 0.4) is 0 Å². The molecule has 0 fully saturated rings. The van der Waals surface area contributed by atoms with Crippen LogP contribution in [-0.2, 0) is 0 Å². The molecular weight excluding hydrogens is 330 g/mol. The molecule has 6 heteroatoms. The molecule has 0 aliphatic carbocycles. The number of nitriles is 1. The van der Waals surface area contributed by atoms with Gasteiger partial charge in [-0.1, -0.05) is 11.6 Å². The Labute approximate surface area is 123 Å². The van der Waals surface area contributed by atoms with Crippen molar-refractivity contribution in [1.29, 1.82) is 5.26 Å². The first-order chi connectivity index (χ1) is 9.11. The molecule has 2 rings (SSSR count). The quantitative estimate of drug-likeness (QED) is 0.911. The van der Waals surface area contributed by atoms with E-state index >= 15 is 0 Å². The van der Waals surface area contributed by atoms with E-state index in [0.717, 1.165) is 0 Å². The minimum Gasteiger partial charge on any atom is -0.321 e. The number of anilines is 1. The summed E-state index contributed by atoms with van der Waals surface area (Å²) in [5, 5.41) is 11.8. The van der Waals surface area contributed by atoms with Crippen molar-refractivity contribution in [3.05, 3.63) is 57.3 Å². The van der Waals surface area contributed by atoms with Crippen molar-refractivity contribution in [1.82, 2.24) is 4.98 Å². The van der Waals surface area contributed by atoms with E-state index in [4.69, 9.17) is 16.9 Å². The largest absolute Gasteiger partial charge is 0.321 e. The van der Waals surface area contributed by atoms with E-state index < -0.39 is 0 Å². The van der Waals surface area contributed by atoms with Gasteiger partial charge in [0.05, 0.1) is 27.9 Å². The zero-order valence-electron chi connectivity index (χ0n) is 9.52. The highest BCUT2D eigenvalue weighted by Crippen LogP contribution is 2.24. The third-order valence-electron chi connectivity index (χ3n) is 2.36. The molecule has 0 radical (unpaired) electrons. The second-order valence-corrected chi connectivity index (χ2v) is 4.88. The number of benzene rings is 1. The average Bonchev–Trinajstić information content (AvgIpc) is 2.41. The Balaban J connectivity index is 2.25. The summed E-state index contributed by atoms with van der Waals surface area (Å²) in [6.45, 7) is 0. The number of nitrogens with zero attached hydrogens (tertiary/aromatic N) is 2. The highest BCUT2D eigenvalue weighted by atomic mass is 79.9. The van der Waals surface area contributed by atoms with Gasteiger partial charge >= 0.3 is 0 Å². The van der Waals surface area contributed by atoms with E-state index in [2.05, 4.69) is 26.2 Å². The van der Waals surface area contributed by atoms with Crippen molar-refractivity contribution in [3.8, 4) is 6.07 Å². The maximum Gasteiger partial charge on any atom is 0.257 e. The first kappa shape index (κ1) is 13.5. The van der Waals surface area contributed by atoms with Gasteiger partial charge in [0.2, 0.25) is 0 Å². The molecule has 0 atom stereocenters. The minimum absolute atomic E-state index is 0.282. The number of amides is 1. The van der Waals surface area contributed by atoms with Crippen LogP contribution >= 0.6 is 27.5 Å². The Morgan fingerprint density at radius 3 is 2.84 bits per heavy atom. The predicted molar refractivity (Wildman–Crippen MR) is 76.1 cm³/mol. The zero-order valence-corrected chi connectivity index (χ0v) is 11.9. The van der Waals surface area contributed by atoms with Gasteiger partial charge in [0, 0.05) is 16.9 Å². The van der Waals surface area contributed by atoms with E-state index in [0.29, 0.717) is 21.3 Å². The number of carbonyl (C=O) groups excluding carboxylic acids is 1. The fourth-order valence-electron chi connectivity index (χ4n) is 1.44. The van der Waals surface area contributed by atoms with Crippen molar-refractivity contribution < 1.29 is 4.79 Å². The fourth-order valence-corrected chi connectivity index (χ4v) is 2.12. The molecule has 0 bridgehead atoms. The molecule has 94 valence electrons. The number of rotatable bonds is 2. The van der Waals surface area contributed by atoms with Crippen LogP contribution in [-0.4, -0.2) is 10.9 Å². The number of pyridine rings is 1. The molecule has 1 N–H and O–H groups in total. The normalized spacial score (nSPS) is 9.74. The lowest BCUT2D eigenvalue weighted by molar-refractivity contribution is 0.102. The second-order valence-electron chi connectivity index (χ2n) is 3.62. The number of carbonyl (C=O) groups is 1. The van der Waals surface area contributed by atoms with Crippen LogP contribution in [0.2, 0.25) is 5.02 Å². The smallest absolute Gasteiger partial charge is 0.257 e. The lowest BCUT2D eigenvalue weighted by Crippen LogP contribution is -2.13. The van der Waals surface area contributed by atoms with Gasteiger partial charge in [-0.15, -0.1) is 0 Å². The molecule has 0 saturated heterocycles. The second kappa shape index (κ2) is 5.83. The van der Waals surface area contributed by atoms with Crippen molar-refractivity contribution in [3.63, 3.8) is 0 Å². The van der Waals surface area contributed by atoms with Crippen LogP contribution in [0.5, 0.6) is 0 Å².